The third-order valence-electron chi connectivity index (χ3n) is 3.19. The first-order chi connectivity index (χ1) is 10.5. The lowest BCUT2D eigenvalue weighted by Gasteiger charge is -2.26. The van der Waals surface area contributed by atoms with Crippen LogP contribution in [0.2, 0.25) is 0 Å². The molecule has 6 heteroatoms. The Bertz CT molecular complexity index is 608. The zero-order valence-electron chi connectivity index (χ0n) is 13.9. The van der Waals surface area contributed by atoms with Gasteiger partial charge in [-0.1, -0.05) is 51.1 Å². The fraction of sp³-hybridized carbons (Fsp3) is 0.412. The lowest BCUT2D eigenvalue weighted by molar-refractivity contribution is -0.331. The summed E-state index contributed by atoms with van der Waals surface area (Å²) in [5.74, 6) is -3.59. The van der Waals surface area contributed by atoms with Crippen molar-refractivity contribution < 1.29 is 29.6 Å². The quantitative estimate of drug-likeness (QED) is 0.361. The second-order valence-corrected chi connectivity index (χ2v) is 6.61. The van der Waals surface area contributed by atoms with Crippen molar-refractivity contribution in [2.24, 2.45) is 5.41 Å². The van der Waals surface area contributed by atoms with Crippen LogP contribution >= 0.6 is 0 Å². The summed E-state index contributed by atoms with van der Waals surface area (Å²) in [6, 6.07) is 9.06. The molecule has 0 saturated carbocycles. The Morgan fingerprint density at radius 2 is 1.43 bits per heavy atom. The minimum Gasteiger partial charge on any atom is -0.478 e. The van der Waals surface area contributed by atoms with Gasteiger partial charge in [0.2, 0.25) is 0 Å². The molecule has 23 heavy (non-hydrogen) atoms. The molecule has 0 heterocycles. The van der Waals surface area contributed by atoms with Crippen molar-refractivity contribution in [1.82, 2.24) is 0 Å². The van der Waals surface area contributed by atoms with Gasteiger partial charge in [-0.25, -0.2) is 9.59 Å². The molecular weight excluding hydrogens is 300 g/mol. The average molecular weight is 322 g/mol. The van der Waals surface area contributed by atoms with Gasteiger partial charge in [-0.2, -0.15) is 4.89 Å². The second kappa shape index (κ2) is 6.83. The molecule has 0 fully saturated rings. The summed E-state index contributed by atoms with van der Waals surface area (Å²) < 4.78 is 0. The van der Waals surface area contributed by atoms with E-state index in [0.717, 1.165) is 5.56 Å². The molecule has 0 amide bonds. The molecule has 1 aromatic rings. The molecule has 0 atom stereocenters. The number of rotatable bonds is 6. The highest BCUT2D eigenvalue weighted by atomic mass is 17.2. The van der Waals surface area contributed by atoms with Crippen LogP contribution in [0.3, 0.4) is 0 Å². The van der Waals surface area contributed by atoms with Crippen LogP contribution < -0.4 is 0 Å². The van der Waals surface area contributed by atoms with Crippen LogP contribution in [0.15, 0.2) is 41.7 Å². The van der Waals surface area contributed by atoms with Crippen LogP contribution in [-0.4, -0.2) is 22.2 Å². The van der Waals surface area contributed by atoms with Crippen LogP contribution in [0.25, 0.3) is 0 Å². The van der Waals surface area contributed by atoms with E-state index in [-0.39, 0.29) is 5.57 Å². The third kappa shape index (κ3) is 4.82. The van der Waals surface area contributed by atoms with Gasteiger partial charge < -0.3 is 15.1 Å². The van der Waals surface area contributed by atoms with Crippen molar-refractivity contribution in [3.63, 3.8) is 0 Å². The van der Waals surface area contributed by atoms with Gasteiger partial charge in [0.25, 0.3) is 5.76 Å². The predicted octanol–water partition coefficient (Wildman–Crippen LogP) is 3.34. The molecule has 2 N–H and O–H groups in total. The van der Waals surface area contributed by atoms with Crippen LogP contribution in [0, 0.1) is 5.41 Å². The van der Waals surface area contributed by atoms with Crippen molar-refractivity contribution in [2.45, 2.75) is 40.2 Å². The van der Waals surface area contributed by atoms with E-state index in [2.05, 4.69) is 0 Å². The van der Waals surface area contributed by atoms with E-state index in [1.807, 2.05) is 18.2 Å². The predicted molar refractivity (Wildman–Crippen MR) is 83.4 cm³/mol. The van der Waals surface area contributed by atoms with Crippen molar-refractivity contribution in [3.8, 4) is 0 Å². The fourth-order valence-electron chi connectivity index (χ4n) is 1.98. The maximum Gasteiger partial charge on any atom is 0.375 e. The molecule has 0 aliphatic heterocycles. The summed E-state index contributed by atoms with van der Waals surface area (Å²) in [4.78, 5) is 33.1. The SMILES string of the molecule is CC(C)(C)C(C(=O)O)=C(OOC(C)(C)c1ccccc1)C(=O)O. The fourth-order valence-corrected chi connectivity index (χ4v) is 1.98. The number of benzene rings is 1. The monoisotopic (exact) mass is 322 g/mol. The van der Waals surface area contributed by atoms with Crippen molar-refractivity contribution in [3.05, 3.63) is 47.2 Å². The summed E-state index contributed by atoms with van der Waals surface area (Å²) in [6.07, 6.45) is 0. The minimum atomic E-state index is -1.50. The average Bonchev–Trinajstić information content (AvgIpc) is 2.42. The summed E-state index contributed by atoms with van der Waals surface area (Å²) in [5.41, 5.74) is -1.49. The van der Waals surface area contributed by atoms with Crippen LogP contribution in [0.1, 0.15) is 40.2 Å². The normalized spacial score (nSPS) is 13.3. The van der Waals surface area contributed by atoms with E-state index >= 15 is 0 Å². The number of hydrogen-bond donors (Lipinski definition) is 2. The summed E-state index contributed by atoms with van der Waals surface area (Å²) in [5, 5.41) is 18.6. The van der Waals surface area contributed by atoms with Gasteiger partial charge in [-0.05, 0) is 24.8 Å². The van der Waals surface area contributed by atoms with E-state index in [9.17, 15) is 19.8 Å². The van der Waals surface area contributed by atoms with Gasteiger partial charge >= 0.3 is 11.9 Å². The van der Waals surface area contributed by atoms with Gasteiger partial charge in [0.1, 0.15) is 5.60 Å². The molecule has 6 nitrogen and oxygen atoms in total. The topological polar surface area (TPSA) is 93.1 Å². The maximum atomic E-state index is 11.4. The molecule has 1 aromatic carbocycles. The zero-order chi connectivity index (χ0) is 17.8. The lowest BCUT2D eigenvalue weighted by atomic mass is 9.85. The van der Waals surface area contributed by atoms with Gasteiger partial charge in [0.15, 0.2) is 0 Å². The summed E-state index contributed by atoms with van der Waals surface area (Å²) >= 11 is 0. The first-order valence-electron chi connectivity index (χ1n) is 7.09. The molecule has 0 unspecified atom stereocenters. The maximum absolute atomic E-state index is 11.4. The first kappa shape index (κ1) is 18.7. The van der Waals surface area contributed by atoms with Gasteiger partial charge in [0, 0.05) is 0 Å². The minimum absolute atomic E-state index is 0.367. The molecule has 0 aromatic heterocycles. The van der Waals surface area contributed by atoms with Crippen LogP contribution in [0.4, 0.5) is 0 Å². The highest BCUT2D eigenvalue weighted by Crippen LogP contribution is 2.31. The Morgan fingerprint density at radius 1 is 0.913 bits per heavy atom. The van der Waals surface area contributed by atoms with Crippen molar-refractivity contribution in [2.75, 3.05) is 0 Å². The lowest BCUT2D eigenvalue weighted by Crippen LogP contribution is -2.27. The Balaban J connectivity index is 3.15. The van der Waals surface area contributed by atoms with Crippen LogP contribution in [0.5, 0.6) is 0 Å². The molecule has 0 aliphatic carbocycles. The number of carboxylic acids is 2. The third-order valence-corrected chi connectivity index (χ3v) is 3.19. The zero-order valence-corrected chi connectivity index (χ0v) is 13.9. The highest BCUT2D eigenvalue weighted by molar-refractivity contribution is 5.98. The van der Waals surface area contributed by atoms with E-state index in [1.165, 1.54) is 0 Å². The molecule has 126 valence electrons. The number of aliphatic carboxylic acids is 2. The highest BCUT2D eigenvalue weighted by Gasteiger charge is 2.34. The van der Waals surface area contributed by atoms with E-state index in [0.29, 0.717) is 0 Å². The number of carbonyl (C=O) groups is 2. The van der Waals surface area contributed by atoms with Crippen LogP contribution in [-0.2, 0) is 25.0 Å². The van der Waals surface area contributed by atoms with Crippen molar-refractivity contribution in [1.29, 1.82) is 0 Å². The van der Waals surface area contributed by atoms with Gasteiger partial charge in [-0.15, -0.1) is 0 Å². The Labute approximate surface area is 135 Å². The van der Waals surface area contributed by atoms with E-state index in [1.54, 1.807) is 46.8 Å². The van der Waals surface area contributed by atoms with Crippen molar-refractivity contribution >= 4 is 11.9 Å². The summed E-state index contributed by atoms with van der Waals surface area (Å²) in [6.45, 7) is 8.15. The molecule has 0 radical (unpaired) electrons. The summed E-state index contributed by atoms with van der Waals surface area (Å²) in [7, 11) is 0. The number of carboxylic acid groups (broad SMARTS) is 2. The smallest absolute Gasteiger partial charge is 0.375 e. The number of hydrogen-bond acceptors (Lipinski definition) is 4. The molecule has 0 bridgehead atoms. The Kier molecular flexibility index (Phi) is 5.56. The van der Waals surface area contributed by atoms with Gasteiger partial charge in [-0.3, -0.25) is 0 Å². The molecule has 0 aliphatic rings. The molecule has 1 rings (SSSR count). The largest absolute Gasteiger partial charge is 0.478 e. The van der Waals surface area contributed by atoms with E-state index in [4.69, 9.17) is 9.78 Å². The molecule has 0 spiro atoms. The van der Waals surface area contributed by atoms with Gasteiger partial charge in [0.05, 0.1) is 5.57 Å². The Hall–Kier alpha value is -2.34. The standard InChI is InChI=1S/C17H22O6/c1-16(2,3)12(14(18)19)13(15(20)21)22-23-17(4,5)11-9-7-6-8-10-11/h6-10H,1-5H3,(H,18,19)(H,20,21). The van der Waals surface area contributed by atoms with E-state index < -0.39 is 28.7 Å². The second-order valence-electron chi connectivity index (χ2n) is 6.61. The Morgan fingerprint density at radius 3 is 1.83 bits per heavy atom. The first-order valence-corrected chi connectivity index (χ1v) is 7.09. The molecular formula is C17H22O6. The molecule has 0 saturated heterocycles.